The Kier molecular flexibility index (Phi) is 4.26. The van der Waals surface area contributed by atoms with E-state index in [1.54, 1.807) is 13.8 Å². The summed E-state index contributed by atoms with van der Waals surface area (Å²) in [6.07, 6.45) is 0.587. The highest BCUT2D eigenvalue weighted by Crippen LogP contribution is 2.14. The molecule has 0 unspecified atom stereocenters. The molecule has 0 fully saturated rings. The molecule has 3 nitrogen and oxygen atoms in total. The van der Waals surface area contributed by atoms with Gasteiger partial charge in [0.05, 0.1) is 12.2 Å². The van der Waals surface area contributed by atoms with Crippen molar-refractivity contribution in [3.63, 3.8) is 0 Å². The molecule has 0 heterocycles. The van der Waals surface area contributed by atoms with Gasteiger partial charge in [0.2, 0.25) is 0 Å². The van der Waals surface area contributed by atoms with Crippen LogP contribution in [0, 0.1) is 0 Å². The molecule has 0 aromatic heterocycles. The number of thiocarbonyl (C=S) groups is 1. The minimum atomic E-state index is -0.696. The number of rotatable bonds is 5. The van der Waals surface area contributed by atoms with Crippen molar-refractivity contribution in [1.29, 1.82) is 0 Å². The minimum Gasteiger partial charge on any atom is -0.493 e. The average Bonchev–Trinajstić information content (AvgIpc) is 2.16. The second-order valence-electron chi connectivity index (χ2n) is 4.30. The number of ether oxygens (including phenoxy) is 1. The molecule has 0 aliphatic carbocycles. The first-order chi connectivity index (χ1) is 7.38. The number of nitrogens with two attached hydrogens (primary N) is 1. The van der Waals surface area contributed by atoms with E-state index >= 15 is 0 Å². The Bertz CT molecular complexity index is 354. The van der Waals surface area contributed by atoms with Crippen LogP contribution in [0.25, 0.3) is 0 Å². The Morgan fingerprint density at radius 2 is 1.94 bits per heavy atom. The van der Waals surface area contributed by atoms with E-state index in [1.165, 1.54) is 0 Å². The molecule has 16 heavy (non-hydrogen) atoms. The molecule has 0 aliphatic rings. The Balaban J connectivity index is 2.47. The van der Waals surface area contributed by atoms with Crippen molar-refractivity contribution in [3.05, 3.63) is 29.8 Å². The zero-order chi connectivity index (χ0) is 12.2. The van der Waals surface area contributed by atoms with Gasteiger partial charge in [-0.15, -0.1) is 0 Å². The van der Waals surface area contributed by atoms with E-state index in [1.807, 2.05) is 24.3 Å². The molecule has 1 rings (SSSR count). The first-order valence-electron chi connectivity index (χ1n) is 5.13. The maximum Gasteiger partial charge on any atom is 0.119 e. The van der Waals surface area contributed by atoms with E-state index < -0.39 is 5.60 Å². The summed E-state index contributed by atoms with van der Waals surface area (Å²) < 4.78 is 5.47. The number of hydrogen-bond acceptors (Lipinski definition) is 3. The fraction of sp³-hybridized carbons (Fsp3) is 0.417. The van der Waals surface area contributed by atoms with Crippen molar-refractivity contribution in [2.45, 2.75) is 25.9 Å². The highest BCUT2D eigenvalue weighted by Gasteiger charge is 2.11. The third-order valence-electron chi connectivity index (χ3n) is 2.12. The predicted octanol–water partition coefficient (Wildman–Crippen LogP) is 1.86. The van der Waals surface area contributed by atoms with E-state index in [2.05, 4.69) is 0 Å². The van der Waals surface area contributed by atoms with Crippen molar-refractivity contribution in [2.75, 3.05) is 6.61 Å². The molecule has 1 aromatic carbocycles. The van der Waals surface area contributed by atoms with E-state index in [0.29, 0.717) is 18.0 Å². The van der Waals surface area contributed by atoms with Gasteiger partial charge in [-0.25, -0.2) is 0 Å². The van der Waals surface area contributed by atoms with Crippen LogP contribution in [-0.4, -0.2) is 22.3 Å². The van der Waals surface area contributed by atoms with E-state index in [-0.39, 0.29) is 0 Å². The molecule has 0 radical (unpaired) electrons. The molecule has 0 spiro atoms. The second kappa shape index (κ2) is 5.27. The molecule has 0 amide bonds. The molecule has 0 atom stereocenters. The van der Waals surface area contributed by atoms with Crippen LogP contribution >= 0.6 is 12.2 Å². The van der Waals surface area contributed by atoms with Gasteiger partial charge < -0.3 is 15.6 Å². The van der Waals surface area contributed by atoms with Gasteiger partial charge in [-0.2, -0.15) is 0 Å². The summed E-state index contributed by atoms with van der Waals surface area (Å²) in [5.74, 6) is 0.754. The van der Waals surface area contributed by atoms with E-state index in [0.717, 1.165) is 11.3 Å². The van der Waals surface area contributed by atoms with Crippen LogP contribution in [0.4, 0.5) is 0 Å². The molecule has 1 aromatic rings. The van der Waals surface area contributed by atoms with Crippen molar-refractivity contribution < 1.29 is 9.84 Å². The second-order valence-corrected chi connectivity index (χ2v) is 4.74. The van der Waals surface area contributed by atoms with Crippen LogP contribution in [0.15, 0.2) is 24.3 Å². The molecule has 0 bridgehead atoms. The zero-order valence-corrected chi connectivity index (χ0v) is 10.4. The molecule has 3 N–H and O–H groups in total. The lowest BCUT2D eigenvalue weighted by Gasteiger charge is -2.17. The van der Waals surface area contributed by atoms with Crippen molar-refractivity contribution in [3.8, 4) is 5.75 Å². The number of hydrogen-bond donors (Lipinski definition) is 2. The molecule has 0 saturated carbocycles. The van der Waals surface area contributed by atoms with Crippen LogP contribution in [0.3, 0.4) is 0 Å². The topological polar surface area (TPSA) is 55.5 Å². The third kappa shape index (κ3) is 4.59. The van der Waals surface area contributed by atoms with Crippen LogP contribution < -0.4 is 10.5 Å². The highest BCUT2D eigenvalue weighted by molar-refractivity contribution is 7.80. The van der Waals surface area contributed by atoms with Gasteiger partial charge in [0, 0.05) is 12.0 Å². The molecule has 4 heteroatoms. The van der Waals surface area contributed by atoms with Gasteiger partial charge in [0.25, 0.3) is 0 Å². The number of aliphatic hydroxyl groups is 1. The largest absolute Gasteiger partial charge is 0.493 e. The van der Waals surface area contributed by atoms with Crippen LogP contribution in [0.1, 0.15) is 25.8 Å². The first kappa shape index (κ1) is 12.9. The van der Waals surface area contributed by atoms with Gasteiger partial charge >= 0.3 is 0 Å². The van der Waals surface area contributed by atoms with Gasteiger partial charge in [0.15, 0.2) is 0 Å². The Morgan fingerprint density at radius 1 is 1.38 bits per heavy atom. The first-order valence-corrected chi connectivity index (χ1v) is 5.54. The smallest absolute Gasteiger partial charge is 0.119 e. The predicted molar refractivity (Wildman–Crippen MR) is 68.7 cm³/mol. The quantitative estimate of drug-likeness (QED) is 0.770. The minimum absolute atomic E-state index is 0.378. The molecule has 0 saturated heterocycles. The summed E-state index contributed by atoms with van der Waals surface area (Å²) in [5, 5.41) is 9.50. The molecule has 0 aliphatic heterocycles. The Morgan fingerprint density at radius 3 is 2.38 bits per heavy atom. The van der Waals surface area contributed by atoms with Crippen LogP contribution in [-0.2, 0) is 0 Å². The molecule has 88 valence electrons. The summed E-state index contributed by atoms with van der Waals surface area (Å²) in [5.41, 5.74) is 5.61. The normalized spacial score (nSPS) is 11.2. The summed E-state index contributed by atoms with van der Waals surface area (Å²) in [4.78, 5) is 0.378. The maximum atomic E-state index is 9.50. The lowest BCUT2D eigenvalue weighted by molar-refractivity contribution is 0.0553. The molecular formula is C12H17NO2S. The SMILES string of the molecule is CC(C)(O)CCOc1ccc(C(N)=S)cc1. The lowest BCUT2D eigenvalue weighted by Crippen LogP contribution is -2.21. The monoisotopic (exact) mass is 239 g/mol. The van der Waals surface area contributed by atoms with Crippen molar-refractivity contribution >= 4 is 17.2 Å². The molecular weight excluding hydrogens is 222 g/mol. The summed E-state index contributed by atoms with van der Waals surface area (Å²) in [6, 6.07) is 7.28. The van der Waals surface area contributed by atoms with Crippen LogP contribution in [0.2, 0.25) is 0 Å². The van der Waals surface area contributed by atoms with Gasteiger partial charge in [-0.05, 0) is 38.1 Å². The van der Waals surface area contributed by atoms with Crippen molar-refractivity contribution in [2.24, 2.45) is 5.73 Å². The number of benzene rings is 1. The standard InChI is InChI=1S/C12H17NO2S/c1-12(2,14)7-8-15-10-5-3-9(4-6-10)11(13)16/h3-6,14H,7-8H2,1-2H3,(H2,13,16). The fourth-order valence-electron chi connectivity index (χ4n) is 1.13. The van der Waals surface area contributed by atoms with Crippen LogP contribution in [0.5, 0.6) is 5.75 Å². The van der Waals surface area contributed by atoms with Gasteiger partial charge in [-0.3, -0.25) is 0 Å². The zero-order valence-electron chi connectivity index (χ0n) is 9.56. The van der Waals surface area contributed by atoms with Gasteiger partial charge in [-0.1, -0.05) is 12.2 Å². The maximum absolute atomic E-state index is 9.50. The van der Waals surface area contributed by atoms with E-state index in [4.69, 9.17) is 22.7 Å². The fourth-order valence-corrected chi connectivity index (χ4v) is 1.27. The lowest BCUT2D eigenvalue weighted by atomic mass is 10.1. The summed E-state index contributed by atoms with van der Waals surface area (Å²) in [7, 11) is 0. The summed E-state index contributed by atoms with van der Waals surface area (Å²) >= 11 is 4.85. The highest BCUT2D eigenvalue weighted by atomic mass is 32.1. The van der Waals surface area contributed by atoms with E-state index in [9.17, 15) is 5.11 Å². The third-order valence-corrected chi connectivity index (χ3v) is 2.36. The van der Waals surface area contributed by atoms with Gasteiger partial charge in [0.1, 0.15) is 10.7 Å². The van der Waals surface area contributed by atoms with Crippen molar-refractivity contribution in [1.82, 2.24) is 0 Å². The Hall–Kier alpha value is -1.13. The summed E-state index contributed by atoms with van der Waals surface area (Å²) in [6.45, 7) is 3.99. The average molecular weight is 239 g/mol. The Labute approximate surface area is 101 Å².